The van der Waals surface area contributed by atoms with Gasteiger partial charge in [-0.15, -0.1) is 24.2 Å². The Labute approximate surface area is 168 Å². The zero-order valence-electron chi connectivity index (χ0n) is 14.8. The summed E-state index contributed by atoms with van der Waals surface area (Å²) in [6.45, 7) is 2.52. The molecule has 1 aliphatic rings. The zero-order valence-corrected chi connectivity index (χ0v) is 16.4. The third kappa shape index (κ3) is 6.19. The van der Waals surface area contributed by atoms with Gasteiger partial charge in [-0.1, -0.05) is 30.3 Å². The third-order valence-electron chi connectivity index (χ3n) is 4.44. The summed E-state index contributed by atoms with van der Waals surface area (Å²) >= 11 is 1.10. The van der Waals surface area contributed by atoms with Crippen molar-refractivity contribution < 1.29 is 13.6 Å². The van der Waals surface area contributed by atoms with E-state index in [1.807, 2.05) is 30.3 Å². The highest BCUT2D eigenvalue weighted by Crippen LogP contribution is 2.37. The van der Waals surface area contributed by atoms with Crippen LogP contribution in [-0.2, 0) is 4.79 Å². The van der Waals surface area contributed by atoms with E-state index in [2.05, 4.69) is 10.6 Å². The van der Waals surface area contributed by atoms with Crippen molar-refractivity contribution in [1.82, 2.24) is 10.6 Å². The van der Waals surface area contributed by atoms with Crippen LogP contribution in [0.25, 0.3) is 0 Å². The van der Waals surface area contributed by atoms with Gasteiger partial charge in [0, 0.05) is 17.5 Å². The molecule has 2 N–H and O–H groups in total. The highest BCUT2D eigenvalue weighted by molar-refractivity contribution is 8.00. The molecule has 1 heterocycles. The molecule has 0 aromatic heterocycles. The van der Waals surface area contributed by atoms with Gasteiger partial charge in [0.25, 0.3) is 0 Å². The molecule has 2 aromatic carbocycles. The Morgan fingerprint density at radius 3 is 2.67 bits per heavy atom. The zero-order chi connectivity index (χ0) is 18.4. The van der Waals surface area contributed by atoms with Crippen LogP contribution in [0.4, 0.5) is 8.78 Å². The number of hydrogen-bond acceptors (Lipinski definition) is 3. The van der Waals surface area contributed by atoms with Gasteiger partial charge >= 0.3 is 0 Å². The van der Waals surface area contributed by atoms with E-state index in [0.29, 0.717) is 12.5 Å². The number of nitrogens with one attached hydrogen (secondary N) is 2. The first-order valence-electron chi connectivity index (χ1n) is 8.78. The van der Waals surface area contributed by atoms with Crippen molar-refractivity contribution >= 4 is 30.1 Å². The maximum Gasteiger partial charge on any atom is 0.238 e. The summed E-state index contributed by atoms with van der Waals surface area (Å²) in [4.78, 5) is 13.1. The minimum atomic E-state index is -0.653. The normalized spacial score (nSPS) is 17.6. The molecule has 2 aromatic rings. The number of carbonyl (C=O) groups excluding carboxylic acids is 1. The van der Waals surface area contributed by atoms with E-state index in [4.69, 9.17) is 0 Å². The smallest absolute Gasteiger partial charge is 0.238 e. The average molecular weight is 413 g/mol. The van der Waals surface area contributed by atoms with Crippen molar-refractivity contribution in [3.63, 3.8) is 0 Å². The number of carbonyl (C=O) groups is 1. The van der Waals surface area contributed by atoms with Gasteiger partial charge in [-0.25, -0.2) is 8.78 Å². The number of thioether (sulfide) groups is 1. The lowest BCUT2D eigenvalue weighted by Gasteiger charge is -2.24. The molecule has 2 atom stereocenters. The van der Waals surface area contributed by atoms with E-state index in [9.17, 15) is 13.6 Å². The summed E-state index contributed by atoms with van der Waals surface area (Å²) < 4.78 is 27.2. The highest BCUT2D eigenvalue weighted by Gasteiger charge is 2.24. The molecule has 27 heavy (non-hydrogen) atoms. The minimum absolute atomic E-state index is 0. The Balaban J connectivity index is 0.00000261. The summed E-state index contributed by atoms with van der Waals surface area (Å²) in [5, 5.41) is 5.75. The average Bonchev–Trinajstić information content (AvgIpc) is 2.67. The van der Waals surface area contributed by atoms with Gasteiger partial charge < -0.3 is 10.6 Å². The number of piperidine rings is 1. The standard InChI is InChI=1S/C20H22F2N2OS.ClH/c21-16-8-9-18(17(22)11-16)26-19(15-6-2-1-3-7-15)20(25)24-13-14-5-4-10-23-12-14;/h1-3,6-9,11,14,19,23H,4-5,10,12-13H2,(H,24,25);1H. The molecular weight excluding hydrogens is 390 g/mol. The van der Waals surface area contributed by atoms with Gasteiger partial charge in [0.1, 0.15) is 16.9 Å². The van der Waals surface area contributed by atoms with Gasteiger partial charge in [0.05, 0.1) is 0 Å². The number of rotatable bonds is 6. The summed E-state index contributed by atoms with van der Waals surface area (Å²) in [5.41, 5.74) is 0.792. The number of hydrogen-bond donors (Lipinski definition) is 2. The molecular formula is C20H23ClF2N2OS. The van der Waals surface area contributed by atoms with Crippen LogP contribution in [0.15, 0.2) is 53.4 Å². The molecule has 0 radical (unpaired) electrons. The van der Waals surface area contributed by atoms with Crippen LogP contribution < -0.4 is 10.6 Å². The maximum absolute atomic E-state index is 14.1. The van der Waals surface area contributed by atoms with Crippen molar-refractivity contribution in [2.75, 3.05) is 19.6 Å². The highest BCUT2D eigenvalue weighted by atomic mass is 35.5. The molecule has 1 amide bonds. The fourth-order valence-corrected chi connectivity index (χ4v) is 4.09. The van der Waals surface area contributed by atoms with Crippen LogP contribution in [-0.4, -0.2) is 25.5 Å². The van der Waals surface area contributed by atoms with Crippen LogP contribution in [0.3, 0.4) is 0 Å². The molecule has 7 heteroatoms. The second-order valence-electron chi connectivity index (χ2n) is 6.44. The lowest BCUT2D eigenvalue weighted by Crippen LogP contribution is -2.39. The first-order chi connectivity index (χ1) is 12.6. The van der Waals surface area contributed by atoms with Crippen LogP contribution in [0.1, 0.15) is 23.7 Å². The molecule has 0 saturated carbocycles. The largest absolute Gasteiger partial charge is 0.355 e. The van der Waals surface area contributed by atoms with Gasteiger partial charge in [-0.2, -0.15) is 0 Å². The first-order valence-corrected chi connectivity index (χ1v) is 9.66. The van der Waals surface area contributed by atoms with Crippen molar-refractivity contribution in [2.24, 2.45) is 5.92 Å². The van der Waals surface area contributed by atoms with Gasteiger partial charge in [0.15, 0.2) is 0 Å². The summed E-state index contributed by atoms with van der Waals surface area (Å²) in [7, 11) is 0. The lowest BCUT2D eigenvalue weighted by molar-refractivity contribution is -0.120. The molecule has 1 aliphatic heterocycles. The number of benzene rings is 2. The molecule has 146 valence electrons. The second-order valence-corrected chi connectivity index (χ2v) is 7.59. The van der Waals surface area contributed by atoms with E-state index < -0.39 is 16.9 Å². The fraction of sp³-hybridized carbons (Fsp3) is 0.350. The van der Waals surface area contributed by atoms with Crippen molar-refractivity contribution in [3.8, 4) is 0 Å². The molecule has 2 unspecified atom stereocenters. The van der Waals surface area contributed by atoms with E-state index in [1.165, 1.54) is 12.1 Å². The van der Waals surface area contributed by atoms with Gasteiger partial charge in [-0.3, -0.25) is 4.79 Å². The molecule has 3 rings (SSSR count). The van der Waals surface area contributed by atoms with Crippen molar-refractivity contribution in [3.05, 3.63) is 65.7 Å². The second kappa shape index (κ2) is 10.6. The van der Waals surface area contributed by atoms with Crippen molar-refractivity contribution in [1.29, 1.82) is 0 Å². The quantitative estimate of drug-likeness (QED) is 0.693. The Bertz CT molecular complexity index is 742. The van der Waals surface area contributed by atoms with E-state index in [-0.39, 0.29) is 23.2 Å². The molecule has 3 nitrogen and oxygen atoms in total. The van der Waals surface area contributed by atoms with Crippen LogP contribution in [0.5, 0.6) is 0 Å². The third-order valence-corrected chi connectivity index (χ3v) is 5.75. The molecule has 0 bridgehead atoms. The van der Waals surface area contributed by atoms with E-state index in [1.54, 1.807) is 0 Å². The van der Waals surface area contributed by atoms with Crippen LogP contribution >= 0.6 is 24.2 Å². The Kier molecular flexibility index (Phi) is 8.54. The number of halogens is 3. The van der Waals surface area contributed by atoms with E-state index >= 15 is 0 Å². The summed E-state index contributed by atoms with van der Waals surface area (Å²) in [6, 6.07) is 12.7. The topological polar surface area (TPSA) is 41.1 Å². The number of amides is 1. The Morgan fingerprint density at radius 2 is 2.00 bits per heavy atom. The first kappa shape index (κ1) is 21.7. The SMILES string of the molecule is Cl.O=C(NCC1CCCNC1)C(Sc1ccc(F)cc1F)c1ccccc1. The lowest BCUT2D eigenvalue weighted by atomic mass is 9.99. The Morgan fingerprint density at radius 1 is 1.22 bits per heavy atom. The maximum atomic E-state index is 14.1. The molecule has 1 saturated heterocycles. The summed E-state index contributed by atoms with van der Waals surface area (Å²) in [5.74, 6) is -1.02. The predicted molar refractivity (Wildman–Crippen MR) is 107 cm³/mol. The Hall–Kier alpha value is -1.63. The van der Waals surface area contributed by atoms with Gasteiger partial charge in [0.2, 0.25) is 5.91 Å². The fourth-order valence-electron chi connectivity index (χ4n) is 3.03. The minimum Gasteiger partial charge on any atom is -0.355 e. The van der Waals surface area contributed by atoms with Crippen molar-refractivity contribution in [2.45, 2.75) is 23.0 Å². The molecule has 1 fully saturated rings. The van der Waals surface area contributed by atoms with Crippen LogP contribution in [0, 0.1) is 17.6 Å². The van der Waals surface area contributed by atoms with Gasteiger partial charge in [-0.05, 0) is 49.5 Å². The monoisotopic (exact) mass is 412 g/mol. The molecule has 0 aliphatic carbocycles. The predicted octanol–water partition coefficient (Wildman–Crippen LogP) is 4.34. The van der Waals surface area contributed by atoms with E-state index in [0.717, 1.165) is 49.3 Å². The summed E-state index contributed by atoms with van der Waals surface area (Å²) in [6.07, 6.45) is 2.20. The molecule has 0 spiro atoms. The van der Waals surface area contributed by atoms with Crippen LogP contribution in [0.2, 0.25) is 0 Å².